The molecule has 2 rings (SSSR count). The molecule has 0 fully saturated rings. The van der Waals surface area contributed by atoms with Crippen LogP contribution in [0.3, 0.4) is 0 Å². The predicted molar refractivity (Wildman–Crippen MR) is 71.7 cm³/mol. The first kappa shape index (κ1) is 15.7. The highest BCUT2D eigenvalue weighted by molar-refractivity contribution is 5.69. The van der Waals surface area contributed by atoms with Crippen LogP contribution in [-0.4, -0.2) is 16.6 Å². The van der Waals surface area contributed by atoms with E-state index in [2.05, 4.69) is 0 Å². The number of benzene rings is 1. The zero-order chi connectivity index (χ0) is 16.0. The number of alkyl halides is 3. The lowest BCUT2D eigenvalue weighted by Crippen LogP contribution is -2.33. The number of hydrogen-bond acceptors (Lipinski definition) is 2. The van der Waals surface area contributed by atoms with Crippen molar-refractivity contribution in [2.24, 2.45) is 0 Å². The summed E-state index contributed by atoms with van der Waals surface area (Å²) in [6.45, 7) is 7.11. The van der Waals surface area contributed by atoms with Crippen LogP contribution in [0, 0.1) is 6.92 Å². The van der Waals surface area contributed by atoms with Crippen LogP contribution in [0.25, 0.3) is 0 Å². The van der Waals surface area contributed by atoms with E-state index in [1.165, 1.54) is 17.9 Å². The summed E-state index contributed by atoms with van der Waals surface area (Å²) >= 11 is 0. The number of nitrogens with zero attached hydrogens (tertiary/aromatic N) is 1. The molecule has 1 aromatic rings. The maximum absolute atomic E-state index is 12.9. The average Bonchev–Trinajstić information content (AvgIpc) is 2.66. The molecule has 1 aliphatic heterocycles. The topological polar surface area (TPSA) is 29.5 Å². The molecule has 0 aliphatic carbocycles. The van der Waals surface area contributed by atoms with Crippen molar-refractivity contribution in [1.82, 2.24) is 4.90 Å². The van der Waals surface area contributed by atoms with Gasteiger partial charge in [-0.05, 0) is 50.5 Å². The third-order valence-corrected chi connectivity index (χ3v) is 3.23. The van der Waals surface area contributed by atoms with Gasteiger partial charge in [-0.25, -0.2) is 4.79 Å². The number of halogens is 3. The van der Waals surface area contributed by atoms with Crippen molar-refractivity contribution in [2.45, 2.75) is 52.6 Å². The summed E-state index contributed by atoms with van der Waals surface area (Å²) in [4.78, 5) is 13.4. The van der Waals surface area contributed by atoms with Crippen molar-refractivity contribution in [3.05, 3.63) is 34.4 Å². The molecule has 116 valence electrons. The second-order valence-electron chi connectivity index (χ2n) is 6.27. The Hall–Kier alpha value is -1.72. The van der Waals surface area contributed by atoms with E-state index in [0.29, 0.717) is 5.56 Å². The summed E-state index contributed by atoms with van der Waals surface area (Å²) in [5.41, 5.74) is 0.170. The largest absolute Gasteiger partial charge is 0.444 e. The fourth-order valence-corrected chi connectivity index (χ4v) is 2.34. The van der Waals surface area contributed by atoms with Gasteiger partial charge in [0.15, 0.2) is 0 Å². The quantitative estimate of drug-likeness (QED) is 0.716. The van der Waals surface area contributed by atoms with Gasteiger partial charge in [0.25, 0.3) is 0 Å². The number of fused-ring (bicyclic) bond motifs is 1. The molecule has 0 spiro atoms. The molecule has 0 saturated heterocycles. The molecule has 1 amide bonds. The SMILES string of the molecule is Cc1cc2c(cc1C(F)(F)F)CN(C(=O)OC(C)(C)C)C2. The molecular formula is C15H18F3NO2. The molecule has 0 saturated carbocycles. The minimum atomic E-state index is -4.38. The van der Waals surface area contributed by atoms with E-state index in [1.54, 1.807) is 20.8 Å². The third kappa shape index (κ3) is 3.49. The highest BCUT2D eigenvalue weighted by atomic mass is 19.4. The molecule has 1 heterocycles. The van der Waals surface area contributed by atoms with Crippen LogP contribution in [0.1, 0.15) is 43.0 Å². The van der Waals surface area contributed by atoms with Crippen molar-refractivity contribution >= 4 is 6.09 Å². The summed E-state index contributed by atoms with van der Waals surface area (Å²) in [5, 5.41) is 0. The lowest BCUT2D eigenvalue weighted by molar-refractivity contribution is -0.138. The lowest BCUT2D eigenvalue weighted by Gasteiger charge is -2.24. The first-order valence-electron chi connectivity index (χ1n) is 6.65. The van der Waals surface area contributed by atoms with Crippen molar-refractivity contribution in [1.29, 1.82) is 0 Å². The molecule has 1 aromatic carbocycles. The standard InChI is InChI=1S/C15H18F3NO2/c1-9-5-10-7-19(13(20)21-14(2,3)4)8-11(10)6-12(9)15(16,17)18/h5-6H,7-8H2,1-4H3. The molecule has 1 aliphatic rings. The lowest BCUT2D eigenvalue weighted by atomic mass is 10.0. The van der Waals surface area contributed by atoms with E-state index in [0.717, 1.165) is 11.6 Å². The molecule has 0 N–H and O–H groups in total. The van der Waals surface area contributed by atoms with Crippen LogP contribution in [0.4, 0.5) is 18.0 Å². The molecule has 6 heteroatoms. The summed E-state index contributed by atoms with van der Waals surface area (Å²) < 4.78 is 43.9. The molecule has 3 nitrogen and oxygen atoms in total. The van der Waals surface area contributed by atoms with Gasteiger partial charge in [0.1, 0.15) is 5.60 Å². The highest BCUT2D eigenvalue weighted by Crippen LogP contribution is 2.36. The van der Waals surface area contributed by atoms with Crippen LogP contribution in [0.2, 0.25) is 0 Å². The Labute approximate surface area is 121 Å². The summed E-state index contributed by atoms with van der Waals surface area (Å²) in [6, 6.07) is 2.64. The second-order valence-corrected chi connectivity index (χ2v) is 6.27. The van der Waals surface area contributed by atoms with E-state index >= 15 is 0 Å². The van der Waals surface area contributed by atoms with Crippen LogP contribution in [0.5, 0.6) is 0 Å². The number of carbonyl (C=O) groups excluding carboxylic acids is 1. The van der Waals surface area contributed by atoms with Crippen LogP contribution in [0.15, 0.2) is 12.1 Å². The van der Waals surface area contributed by atoms with Gasteiger partial charge in [-0.15, -0.1) is 0 Å². The van der Waals surface area contributed by atoms with Crippen LogP contribution in [-0.2, 0) is 24.0 Å². The first-order valence-corrected chi connectivity index (χ1v) is 6.65. The van der Waals surface area contributed by atoms with Crippen molar-refractivity contribution in [3.63, 3.8) is 0 Å². The number of rotatable bonds is 0. The molecule has 0 aromatic heterocycles. The zero-order valence-corrected chi connectivity index (χ0v) is 12.5. The van der Waals surface area contributed by atoms with E-state index in [-0.39, 0.29) is 18.7 Å². The smallest absolute Gasteiger partial charge is 0.416 e. The molecule has 0 bridgehead atoms. The van der Waals surface area contributed by atoms with Gasteiger partial charge >= 0.3 is 12.3 Å². The fraction of sp³-hybridized carbons (Fsp3) is 0.533. The Morgan fingerprint density at radius 2 is 1.67 bits per heavy atom. The number of hydrogen-bond donors (Lipinski definition) is 0. The van der Waals surface area contributed by atoms with Crippen molar-refractivity contribution in [3.8, 4) is 0 Å². The fourth-order valence-electron chi connectivity index (χ4n) is 2.34. The summed E-state index contributed by atoms with van der Waals surface area (Å²) in [6.07, 6.45) is -4.89. The highest BCUT2D eigenvalue weighted by Gasteiger charge is 2.35. The Morgan fingerprint density at radius 3 is 2.14 bits per heavy atom. The van der Waals surface area contributed by atoms with Gasteiger partial charge in [-0.2, -0.15) is 13.2 Å². The van der Waals surface area contributed by atoms with E-state index in [1.807, 2.05) is 0 Å². The van der Waals surface area contributed by atoms with Crippen LogP contribution >= 0.6 is 0 Å². The number of aryl methyl sites for hydroxylation is 1. The number of amides is 1. The van der Waals surface area contributed by atoms with Gasteiger partial charge in [-0.1, -0.05) is 6.07 Å². The maximum Gasteiger partial charge on any atom is 0.416 e. The van der Waals surface area contributed by atoms with E-state index in [9.17, 15) is 18.0 Å². The monoisotopic (exact) mass is 301 g/mol. The molecular weight excluding hydrogens is 283 g/mol. The molecule has 21 heavy (non-hydrogen) atoms. The average molecular weight is 301 g/mol. The van der Waals surface area contributed by atoms with Gasteiger partial charge in [-0.3, -0.25) is 4.90 Å². The normalized spacial score (nSPS) is 15.1. The first-order chi connectivity index (χ1) is 9.47. The minimum absolute atomic E-state index is 0.146. The van der Waals surface area contributed by atoms with Gasteiger partial charge in [0, 0.05) is 13.1 Å². The van der Waals surface area contributed by atoms with E-state index < -0.39 is 23.4 Å². The van der Waals surface area contributed by atoms with Gasteiger partial charge in [0.2, 0.25) is 0 Å². The third-order valence-electron chi connectivity index (χ3n) is 3.23. The zero-order valence-electron chi connectivity index (χ0n) is 12.5. The Morgan fingerprint density at radius 1 is 1.14 bits per heavy atom. The Bertz CT molecular complexity index is 574. The van der Waals surface area contributed by atoms with E-state index in [4.69, 9.17) is 4.74 Å². The summed E-state index contributed by atoms with van der Waals surface area (Å²) in [7, 11) is 0. The van der Waals surface area contributed by atoms with Crippen molar-refractivity contribution < 1.29 is 22.7 Å². The minimum Gasteiger partial charge on any atom is -0.444 e. The van der Waals surface area contributed by atoms with Crippen molar-refractivity contribution in [2.75, 3.05) is 0 Å². The second kappa shape index (κ2) is 4.93. The van der Waals surface area contributed by atoms with Gasteiger partial charge < -0.3 is 4.74 Å². The molecule has 0 atom stereocenters. The predicted octanol–water partition coefficient (Wildman–Crippen LogP) is 4.26. The number of carbonyl (C=O) groups is 1. The number of ether oxygens (including phenoxy) is 1. The maximum atomic E-state index is 12.9. The summed E-state index contributed by atoms with van der Waals surface area (Å²) in [5.74, 6) is 0. The van der Waals surface area contributed by atoms with Crippen LogP contribution < -0.4 is 0 Å². The Balaban J connectivity index is 2.22. The van der Waals surface area contributed by atoms with Gasteiger partial charge in [0.05, 0.1) is 5.56 Å². The Kier molecular flexibility index (Phi) is 3.68. The molecule has 0 radical (unpaired) electrons. The molecule has 0 unspecified atom stereocenters.